The van der Waals surface area contributed by atoms with Gasteiger partial charge in [0.15, 0.2) is 0 Å². The van der Waals surface area contributed by atoms with E-state index in [0.717, 1.165) is 44.9 Å². The summed E-state index contributed by atoms with van der Waals surface area (Å²) in [5, 5.41) is 13.9. The van der Waals surface area contributed by atoms with E-state index in [-0.39, 0.29) is 6.10 Å². The van der Waals surface area contributed by atoms with Crippen LogP contribution in [-0.2, 0) is 0 Å². The Morgan fingerprint density at radius 2 is 2.16 bits per heavy atom. The van der Waals surface area contributed by atoms with Crippen molar-refractivity contribution in [2.24, 2.45) is 17.6 Å². The van der Waals surface area contributed by atoms with Crippen LogP contribution in [0.2, 0.25) is 0 Å². The third-order valence-electron chi connectivity index (χ3n) is 4.89. The zero-order valence-electron chi connectivity index (χ0n) is 12.4. The highest BCUT2D eigenvalue weighted by atomic mass is 16.3. The van der Waals surface area contributed by atoms with Crippen molar-refractivity contribution in [1.29, 1.82) is 0 Å². The molecule has 0 amide bonds. The summed E-state index contributed by atoms with van der Waals surface area (Å²) in [5.41, 5.74) is 5.69. The van der Waals surface area contributed by atoms with Crippen LogP contribution >= 0.6 is 0 Å². The zero-order valence-corrected chi connectivity index (χ0v) is 12.4. The first-order valence-corrected chi connectivity index (χ1v) is 8.06. The molecular formula is C15H31N3O. The summed E-state index contributed by atoms with van der Waals surface area (Å²) in [6.07, 6.45) is 6.02. The molecule has 3 unspecified atom stereocenters. The fourth-order valence-electron chi connectivity index (χ4n) is 3.39. The molecule has 112 valence electrons. The number of rotatable bonds is 7. The maximum atomic E-state index is 10.1. The van der Waals surface area contributed by atoms with Crippen molar-refractivity contribution in [3.63, 3.8) is 0 Å². The molecule has 19 heavy (non-hydrogen) atoms. The second-order valence-corrected chi connectivity index (χ2v) is 6.42. The monoisotopic (exact) mass is 269 g/mol. The molecule has 4 N–H and O–H groups in total. The van der Waals surface area contributed by atoms with Gasteiger partial charge in [0.25, 0.3) is 0 Å². The number of aliphatic hydroxyl groups excluding tert-OH is 1. The fourth-order valence-corrected chi connectivity index (χ4v) is 3.39. The van der Waals surface area contributed by atoms with Gasteiger partial charge in [0, 0.05) is 32.2 Å². The fraction of sp³-hybridized carbons (Fsp3) is 1.00. The maximum Gasteiger partial charge on any atom is 0.0578 e. The normalized spacial score (nSPS) is 31.1. The molecule has 0 bridgehead atoms. The van der Waals surface area contributed by atoms with Crippen LogP contribution in [-0.4, -0.2) is 54.9 Å². The molecular weight excluding hydrogens is 238 g/mol. The second-order valence-electron chi connectivity index (χ2n) is 6.42. The van der Waals surface area contributed by atoms with Gasteiger partial charge >= 0.3 is 0 Å². The quantitative estimate of drug-likeness (QED) is 0.640. The number of nitrogens with one attached hydrogen (secondary N) is 1. The lowest BCUT2D eigenvalue weighted by Gasteiger charge is -2.40. The Hall–Kier alpha value is -0.160. The van der Waals surface area contributed by atoms with E-state index in [1.165, 1.54) is 19.3 Å². The predicted octanol–water partition coefficient (Wildman–Crippen LogP) is 0.796. The molecule has 3 atom stereocenters. The second kappa shape index (κ2) is 7.58. The average molecular weight is 269 g/mol. The van der Waals surface area contributed by atoms with E-state index in [2.05, 4.69) is 17.1 Å². The number of nitrogens with two attached hydrogens (primary N) is 1. The average Bonchev–Trinajstić information content (AvgIpc) is 2.36. The molecule has 1 aliphatic heterocycles. The first-order valence-electron chi connectivity index (χ1n) is 8.06. The summed E-state index contributed by atoms with van der Waals surface area (Å²) in [6.45, 7) is 7.00. The SMILES string of the molecule is CCC(O)C1CC(NCC2CCC2)CN(CCN)C1. The minimum Gasteiger partial charge on any atom is -0.393 e. The molecule has 0 radical (unpaired) electrons. The van der Waals surface area contributed by atoms with Gasteiger partial charge in [-0.25, -0.2) is 0 Å². The molecule has 0 aromatic carbocycles. The van der Waals surface area contributed by atoms with Crippen molar-refractivity contribution in [3.05, 3.63) is 0 Å². The Bertz CT molecular complexity index is 258. The predicted molar refractivity (Wildman–Crippen MR) is 79.0 cm³/mol. The van der Waals surface area contributed by atoms with Gasteiger partial charge in [-0.05, 0) is 44.1 Å². The van der Waals surface area contributed by atoms with Crippen LogP contribution < -0.4 is 11.1 Å². The molecule has 0 aromatic heterocycles. The smallest absolute Gasteiger partial charge is 0.0578 e. The first kappa shape index (κ1) is 15.2. The molecule has 2 rings (SSSR count). The van der Waals surface area contributed by atoms with Crippen molar-refractivity contribution < 1.29 is 5.11 Å². The Morgan fingerprint density at radius 1 is 1.37 bits per heavy atom. The van der Waals surface area contributed by atoms with Crippen LogP contribution in [0.15, 0.2) is 0 Å². The number of aliphatic hydroxyl groups is 1. The van der Waals surface area contributed by atoms with Gasteiger partial charge in [0.1, 0.15) is 0 Å². The Morgan fingerprint density at radius 3 is 2.74 bits per heavy atom. The van der Waals surface area contributed by atoms with Gasteiger partial charge in [-0.1, -0.05) is 13.3 Å². The lowest BCUT2D eigenvalue weighted by Crippen LogP contribution is -2.53. The Kier molecular flexibility index (Phi) is 6.07. The van der Waals surface area contributed by atoms with Crippen molar-refractivity contribution >= 4 is 0 Å². The number of likely N-dealkylation sites (tertiary alicyclic amines) is 1. The van der Waals surface area contributed by atoms with Crippen LogP contribution in [0.1, 0.15) is 39.0 Å². The molecule has 0 aromatic rings. The summed E-state index contributed by atoms with van der Waals surface area (Å²) >= 11 is 0. The molecule has 1 saturated heterocycles. The molecule has 2 fully saturated rings. The van der Waals surface area contributed by atoms with Crippen molar-refractivity contribution in [2.45, 2.75) is 51.2 Å². The zero-order chi connectivity index (χ0) is 13.7. The standard InChI is InChI=1S/C15H31N3O/c1-2-15(19)13-8-14(11-18(10-13)7-6-16)17-9-12-4-3-5-12/h12-15,17,19H,2-11,16H2,1H3. The summed E-state index contributed by atoms with van der Waals surface area (Å²) in [6, 6.07) is 0.534. The number of piperidine rings is 1. The van der Waals surface area contributed by atoms with Gasteiger partial charge in [0.2, 0.25) is 0 Å². The highest BCUT2D eigenvalue weighted by Gasteiger charge is 2.31. The van der Waals surface area contributed by atoms with E-state index in [0.29, 0.717) is 18.5 Å². The van der Waals surface area contributed by atoms with Crippen molar-refractivity contribution in [3.8, 4) is 0 Å². The third-order valence-corrected chi connectivity index (χ3v) is 4.89. The number of hydrogen-bond donors (Lipinski definition) is 3. The highest BCUT2D eigenvalue weighted by molar-refractivity contribution is 4.87. The summed E-state index contributed by atoms with van der Waals surface area (Å²) in [7, 11) is 0. The van der Waals surface area contributed by atoms with Gasteiger partial charge < -0.3 is 21.1 Å². The maximum absolute atomic E-state index is 10.1. The van der Waals surface area contributed by atoms with E-state index >= 15 is 0 Å². The van der Waals surface area contributed by atoms with E-state index in [4.69, 9.17) is 5.73 Å². The van der Waals surface area contributed by atoms with Crippen LogP contribution in [0.25, 0.3) is 0 Å². The van der Waals surface area contributed by atoms with Gasteiger partial charge in [-0.2, -0.15) is 0 Å². The Labute approximate surface area is 117 Å². The molecule has 1 heterocycles. The first-order chi connectivity index (χ1) is 9.22. The number of hydrogen-bond acceptors (Lipinski definition) is 4. The molecule has 4 nitrogen and oxygen atoms in total. The highest BCUT2D eigenvalue weighted by Crippen LogP contribution is 2.26. The molecule has 2 aliphatic rings. The molecule has 4 heteroatoms. The summed E-state index contributed by atoms with van der Waals surface area (Å²) in [5.74, 6) is 1.31. The van der Waals surface area contributed by atoms with Gasteiger partial charge in [0.05, 0.1) is 6.10 Å². The minimum absolute atomic E-state index is 0.159. The van der Waals surface area contributed by atoms with Crippen LogP contribution in [0, 0.1) is 11.8 Å². The van der Waals surface area contributed by atoms with Crippen molar-refractivity contribution in [2.75, 3.05) is 32.7 Å². The lowest BCUT2D eigenvalue weighted by atomic mass is 9.84. The summed E-state index contributed by atoms with van der Waals surface area (Å²) < 4.78 is 0. The molecule has 1 saturated carbocycles. The van der Waals surface area contributed by atoms with Crippen LogP contribution in [0.3, 0.4) is 0 Å². The minimum atomic E-state index is -0.159. The van der Waals surface area contributed by atoms with E-state index in [9.17, 15) is 5.11 Å². The third kappa shape index (κ3) is 4.42. The van der Waals surface area contributed by atoms with Crippen LogP contribution in [0.5, 0.6) is 0 Å². The van der Waals surface area contributed by atoms with Crippen LogP contribution in [0.4, 0.5) is 0 Å². The van der Waals surface area contributed by atoms with Gasteiger partial charge in [-0.15, -0.1) is 0 Å². The van der Waals surface area contributed by atoms with E-state index < -0.39 is 0 Å². The van der Waals surface area contributed by atoms with E-state index in [1.54, 1.807) is 0 Å². The summed E-state index contributed by atoms with van der Waals surface area (Å²) in [4.78, 5) is 2.42. The Balaban J connectivity index is 1.81. The largest absolute Gasteiger partial charge is 0.393 e. The number of nitrogens with zero attached hydrogens (tertiary/aromatic N) is 1. The molecule has 1 aliphatic carbocycles. The molecule has 0 spiro atoms. The van der Waals surface area contributed by atoms with Gasteiger partial charge in [-0.3, -0.25) is 0 Å². The van der Waals surface area contributed by atoms with Crippen molar-refractivity contribution in [1.82, 2.24) is 10.2 Å². The van der Waals surface area contributed by atoms with E-state index in [1.807, 2.05) is 0 Å². The topological polar surface area (TPSA) is 61.5 Å². The lowest BCUT2D eigenvalue weighted by molar-refractivity contribution is 0.0354.